The lowest BCUT2D eigenvalue weighted by Gasteiger charge is -2.02. The molecule has 0 aliphatic rings. The molecule has 0 amide bonds. The summed E-state index contributed by atoms with van der Waals surface area (Å²) in [7, 11) is 1.64. The van der Waals surface area contributed by atoms with E-state index in [9.17, 15) is 4.79 Å². The van der Waals surface area contributed by atoms with Crippen LogP contribution in [-0.4, -0.2) is 44.7 Å². The summed E-state index contributed by atoms with van der Waals surface area (Å²) in [6.07, 6.45) is 5.19. The minimum absolute atomic E-state index is 0.213. The summed E-state index contributed by atoms with van der Waals surface area (Å²) in [6.45, 7) is 2.85. The number of carboxylic acid groups (broad SMARTS) is 1. The quantitative estimate of drug-likeness (QED) is 0.515. The Morgan fingerprint density at radius 2 is 2.08 bits per heavy atom. The number of aliphatic carboxylic acids is 1. The van der Waals surface area contributed by atoms with Crippen LogP contribution in [0.1, 0.15) is 19.8 Å². The first kappa shape index (κ1) is 19.1. The Kier molecular flexibility index (Phi) is 7.53. The van der Waals surface area contributed by atoms with Crippen molar-refractivity contribution in [2.75, 3.05) is 18.6 Å². The van der Waals surface area contributed by atoms with E-state index in [1.165, 1.54) is 5.57 Å². The largest absolute Gasteiger partial charge is 0.497 e. The number of hydrogen-bond donors (Lipinski definition) is 1. The first-order valence-corrected chi connectivity index (χ1v) is 9.23. The third-order valence-corrected chi connectivity index (χ3v) is 4.56. The van der Waals surface area contributed by atoms with Crippen molar-refractivity contribution in [1.82, 2.24) is 15.0 Å². The van der Waals surface area contributed by atoms with Crippen LogP contribution in [0.4, 0.5) is 0 Å². The van der Waals surface area contributed by atoms with Crippen molar-refractivity contribution in [2.24, 2.45) is 0 Å². The maximum absolute atomic E-state index is 10.4. The monoisotopic (exact) mass is 361 g/mol. The minimum atomic E-state index is -0.743. The van der Waals surface area contributed by atoms with E-state index in [1.807, 2.05) is 35.1 Å². The van der Waals surface area contributed by atoms with E-state index < -0.39 is 5.97 Å². The number of hydrogen-bond acceptors (Lipinski definition) is 5. The molecule has 25 heavy (non-hydrogen) atoms. The van der Waals surface area contributed by atoms with Crippen molar-refractivity contribution in [3.05, 3.63) is 42.1 Å². The number of rotatable bonds is 10. The highest BCUT2D eigenvalue weighted by molar-refractivity contribution is 7.99. The zero-order valence-corrected chi connectivity index (χ0v) is 15.3. The average molecular weight is 361 g/mol. The van der Waals surface area contributed by atoms with E-state index >= 15 is 0 Å². The van der Waals surface area contributed by atoms with Gasteiger partial charge in [0.1, 0.15) is 11.4 Å². The van der Waals surface area contributed by atoms with Gasteiger partial charge in [-0.25, -0.2) is 0 Å². The van der Waals surface area contributed by atoms with Gasteiger partial charge >= 0.3 is 5.97 Å². The number of nitrogens with zero attached hydrogens (tertiary/aromatic N) is 3. The van der Waals surface area contributed by atoms with Crippen LogP contribution in [0.15, 0.2) is 42.1 Å². The van der Waals surface area contributed by atoms with E-state index in [2.05, 4.69) is 23.3 Å². The second-order valence-electron chi connectivity index (χ2n) is 5.61. The van der Waals surface area contributed by atoms with Gasteiger partial charge in [-0.1, -0.05) is 16.9 Å². The molecule has 0 radical (unpaired) electrons. The van der Waals surface area contributed by atoms with Crippen LogP contribution < -0.4 is 4.74 Å². The number of aryl methyl sites for hydroxylation is 1. The van der Waals surface area contributed by atoms with Gasteiger partial charge in [-0.05, 0) is 37.6 Å². The number of allylic oxidation sites excluding steroid dienone is 1. The lowest BCUT2D eigenvalue weighted by atomic mass is 10.1. The molecule has 0 saturated heterocycles. The van der Waals surface area contributed by atoms with Crippen LogP contribution in [0.2, 0.25) is 0 Å². The molecular weight excluding hydrogens is 338 g/mol. The molecule has 0 saturated carbocycles. The van der Waals surface area contributed by atoms with E-state index in [0.717, 1.165) is 35.7 Å². The van der Waals surface area contributed by atoms with E-state index in [1.54, 1.807) is 18.9 Å². The number of carboxylic acids is 1. The zero-order valence-electron chi connectivity index (χ0n) is 14.5. The molecule has 134 valence electrons. The fraction of sp³-hybridized carbons (Fsp3) is 0.389. The molecule has 0 spiro atoms. The van der Waals surface area contributed by atoms with Crippen molar-refractivity contribution in [3.8, 4) is 17.0 Å². The summed E-state index contributed by atoms with van der Waals surface area (Å²) in [5.41, 5.74) is 3.12. The Hall–Kier alpha value is -2.28. The highest BCUT2D eigenvalue weighted by Gasteiger charge is 2.04. The van der Waals surface area contributed by atoms with Gasteiger partial charge < -0.3 is 9.84 Å². The van der Waals surface area contributed by atoms with E-state index in [0.29, 0.717) is 5.75 Å². The molecule has 0 fully saturated rings. The minimum Gasteiger partial charge on any atom is -0.497 e. The summed E-state index contributed by atoms with van der Waals surface area (Å²) in [5, 5.41) is 17.0. The molecule has 2 rings (SSSR count). The molecule has 0 aliphatic heterocycles. The fourth-order valence-electron chi connectivity index (χ4n) is 2.14. The Balaban J connectivity index is 1.79. The van der Waals surface area contributed by atoms with Gasteiger partial charge in [0.2, 0.25) is 0 Å². The lowest BCUT2D eigenvalue weighted by molar-refractivity contribution is -0.136. The van der Waals surface area contributed by atoms with Crippen LogP contribution in [0.3, 0.4) is 0 Å². The Labute approximate surface area is 151 Å². The Bertz CT molecular complexity index is 711. The predicted molar refractivity (Wildman–Crippen MR) is 100.0 cm³/mol. The number of aromatic nitrogens is 3. The number of carbonyl (C=O) groups is 1. The molecular formula is C18H23N3O3S. The number of benzene rings is 1. The highest BCUT2D eigenvalue weighted by Crippen LogP contribution is 2.20. The van der Waals surface area contributed by atoms with Gasteiger partial charge in [-0.15, -0.1) is 5.10 Å². The van der Waals surface area contributed by atoms with Crippen molar-refractivity contribution >= 4 is 17.7 Å². The van der Waals surface area contributed by atoms with Crippen molar-refractivity contribution in [1.29, 1.82) is 0 Å². The third kappa shape index (κ3) is 6.62. The van der Waals surface area contributed by atoms with Crippen LogP contribution in [-0.2, 0) is 11.3 Å². The summed E-state index contributed by atoms with van der Waals surface area (Å²) in [4.78, 5) is 10.4. The molecule has 1 aromatic carbocycles. The molecule has 7 heteroatoms. The highest BCUT2D eigenvalue weighted by atomic mass is 32.2. The maximum atomic E-state index is 10.4. The van der Waals surface area contributed by atoms with Gasteiger partial charge in [-0.3, -0.25) is 9.48 Å². The molecule has 1 aromatic heterocycles. The standard InChI is InChI=1S/C18H23N3O3S/c1-14(8-11-25-12-9-18(22)23)7-10-21-13-17(19-20-21)15-3-5-16(24-2)6-4-15/h3-6,8,13H,7,9-12H2,1-2H3,(H,22,23)/b14-8+. The zero-order chi connectivity index (χ0) is 18.1. The smallest absolute Gasteiger partial charge is 0.304 e. The number of ether oxygens (including phenoxy) is 1. The fourth-order valence-corrected chi connectivity index (χ4v) is 3.03. The van der Waals surface area contributed by atoms with Crippen molar-refractivity contribution < 1.29 is 14.6 Å². The average Bonchev–Trinajstić information content (AvgIpc) is 3.08. The van der Waals surface area contributed by atoms with Crippen LogP contribution in [0.25, 0.3) is 11.3 Å². The molecule has 0 atom stereocenters. The predicted octanol–water partition coefficient (Wildman–Crippen LogP) is 3.50. The molecule has 0 unspecified atom stereocenters. The second-order valence-corrected chi connectivity index (χ2v) is 6.76. The Morgan fingerprint density at radius 1 is 1.32 bits per heavy atom. The first-order valence-electron chi connectivity index (χ1n) is 8.08. The van der Waals surface area contributed by atoms with Gasteiger partial charge in [0, 0.05) is 23.6 Å². The molecule has 1 N–H and O–H groups in total. The van der Waals surface area contributed by atoms with Gasteiger partial charge in [0.25, 0.3) is 0 Å². The summed E-state index contributed by atoms with van der Waals surface area (Å²) in [5.74, 6) is 1.56. The molecule has 0 aliphatic carbocycles. The molecule has 0 bridgehead atoms. The van der Waals surface area contributed by atoms with Crippen LogP contribution in [0, 0.1) is 0 Å². The summed E-state index contributed by atoms with van der Waals surface area (Å²) in [6, 6.07) is 7.74. The van der Waals surface area contributed by atoms with E-state index in [4.69, 9.17) is 9.84 Å². The molecule has 1 heterocycles. The molecule has 2 aromatic rings. The van der Waals surface area contributed by atoms with Crippen molar-refractivity contribution in [3.63, 3.8) is 0 Å². The second kappa shape index (κ2) is 9.88. The first-order chi connectivity index (χ1) is 12.1. The van der Waals surface area contributed by atoms with Gasteiger partial charge in [0.15, 0.2) is 0 Å². The van der Waals surface area contributed by atoms with Crippen LogP contribution in [0.5, 0.6) is 5.75 Å². The van der Waals surface area contributed by atoms with E-state index in [-0.39, 0.29) is 6.42 Å². The van der Waals surface area contributed by atoms with Gasteiger partial charge in [-0.2, -0.15) is 11.8 Å². The molecule has 6 nitrogen and oxygen atoms in total. The van der Waals surface area contributed by atoms with Crippen LogP contribution >= 0.6 is 11.8 Å². The Morgan fingerprint density at radius 3 is 2.76 bits per heavy atom. The summed E-state index contributed by atoms with van der Waals surface area (Å²) < 4.78 is 7.00. The normalized spacial score (nSPS) is 11.5. The lowest BCUT2D eigenvalue weighted by Crippen LogP contribution is -1.99. The number of methoxy groups -OCH3 is 1. The maximum Gasteiger partial charge on any atom is 0.304 e. The topological polar surface area (TPSA) is 77.2 Å². The van der Waals surface area contributed by atoms with Gasteiger partial charge in [0.05, 0.1) is 19.7 Å². The number of thioether (sulfide) groups is 1. The van der Waals surface area contributed by atoms with Crippen molar-refractivity contribution in [2.45, 2.75) is 26.3 Å². The summed E-state index contributed by atoms with van der Waals surface area (Å²) >= 11 is 1.63. The third-order valence-electron chi connectivity index (χ3n) is 3.67. The SMILES string of the molecule is COc1ccc(-c2cn(CC/C(C)=C/CSCCC(=O)O)nn2)cc1.